The standard InChI is InChI=1S/C25H30N2O/c28-23-16-18-6-7-22(20-4-1-5-21(23)24(18)20)27-13-3-12-26(14-15-27)17-19-8-11-25(19)9-2-10-25/h1,4-7,19H,2-3,8-17H2. The smallest absolute Gasteiger partial charge is 0.167 e. The molecule has 0 aromatic heterocycles. The summed E-state index contributed by atoms with van der Waals surface area (Å²) in [4.78, 5) is 17.6. The molecule has 0 bridgehead atoms. The first-order chi connectivity index (χ1) is 13.7. The quantitative estimate of drug-likeness (QED) is 0.780. The molecule has 3 fully saturated rings. The molecule has 0 N–H and O–H groups in total. The van der Waals surface area contributed by atoms with E-state index in [0.717, 1.165) is 30.0 Å². The maximum Gasteiger partial charge on any atom is 0.167 e. The molecule has 1 heterocycles. The molecule has 3 aliphatic carbocycles. The molecule has 146 valence electrons. The summed E-state index contributed by atoms with van der Waals surface area (Å²) in [7, 11) is 0. The molecule has 3 nitrogen and oxygen atoms in total. The van der Waals surface area contributed by atoms with Crippen LogP contribution in [0.5, 0.6) is 0 Å². The van der Waals surface area contributed by atoms with Crippen LogP contribution >= 0.6 is 0 Å². The number of anilines is 1. The van der Waals surface area contributed by atoms with Crippen LogP contribution in [0.15, 0.2) is 30.3 Å². The Morgan fingerprint density at radius 1 is 0.964 bits per heavy atom. The SMILES string of the molecule is O=C1Cc2ccc(N3CCCN(CC4CCC45CCC5)CC3)c3cccc1c23. The predicted octanol–water partition coefficient (Wildman–Crippen LogP) is 4.67. The molecule has 0 amide bonds. The maximum absolute atomic E-state index is 12.3. The fraction of sp³-hybridized carbons (Fsp3) is 0.560. The van der Waals surface area contributed by atoms with E-state index in [1.165, 1.54) is 80.2 Å². The number of hydrogen-bond donors (Lipinski definition) is 0. The van der Waals surface area contributed by atoms with E-state index >= 15 is 0 Å². The first kappa shape index (κ1) is 17.0. The van der Waals surface area contributed by atoms with Crippen LogP contribution in [-0.2, 0) is 6.42 Å². The van der Waals surface area contributed by atoms with E-state index in [-0.39, 0.29) is 5.78 Å². The third-order valence-electron chi connectivity index (χ3n) is 8.37. The summed E-state index contributed by atoms with van der Waals surface area (Å²) in [6.07, 6.45) is 9.24. The first-order valence-electron chi connectivity index (χ1n) is 11.3. The molecule has 2 saturated carbocycles. The number of benzene rings is 2. The summed E-state index contributed by atoms with van der Waals surface area (Å²) in [6.45, 7) is 5.97. The minimum absolute atomic E-state index is 0.283. The molecule has 6 rings (SSSR count). The number of hydrogen-bond acceptors (Lipinski definition) is 3. The number of rotatable bonds is 3. The largest absolute Gasteiger partial charge is 0.370 e. The average Bonchev–Trinajstić information content (AvgIpc) is 2.83. The first-order valence-corrected chi connectivity index (χ1v) is 11.3. The zero-order valence-electron chi connectivity index (χ0n) is 16.8. The van der Waals surface area contributed by atoms with Gasteiger partial charge in [-0.05, 0) is 67.0 Å². The van der Waals surface area contributed by atoms with Gasteiger partial charge in [0, 0.05) is 49.2 Å². The Morgan fingerprint density at radius 2 is 1.89 bits per heavy atom. The Balaban J connectivity index is 1.22. The van der Waals surface area contributed by atoms with E-state index in [0.29, 0.717) is 6.42 Å². The van der Waals surface area contributed by atoms with Crippen molar-refractivity contribution in [3.05, 3.63) is 41.5 Å². The van der Waals surface area contributed by atoms with Gasteiger partial charge in [0.2, 0.25) is 0 Å². The van der Waals surface area contributed by atoms with Gasteiger partial charge in [-0.1, -0.05) is 30.7 Å². The normalized spacial score (nSPS) is 26.4. The highest BCUT2D eigenvalue weighted by atomic mass is 16.1. The van der Waals surface area contributed by atoms with E-state index in [1.807, 2.05) is 6.07 Å². The fourth-order valence-corrected chi connectivity index (χ4v) is 6.42. The van der Waals surface area contributed by atoms with E-state index in [9.17, 15) is 4.79 Å². The molecule has 1 unspecified atom stereocenters. The number of Topliss-reactive ketones (excluding diaryl/α,β-unsaturated/α-hetero) is 1. The van der Waals surface area contributed by atoms with E-state index < -0.39 is 0 Å². The zero-order chi connectivity index (χ0) is 18.7. The molecule has 1 spiro atoms. The van der Waals surface area contributed by atoms with Gasteiger partial charge in [-0.3, -0.25) is 4.79 Å². The Kier molecular flexibility index (Phi) is 3.84. The zero-order valence-corrected chi connectivity index (χ0v) is 16.8. The van der Waals surface area contributed by atoms with Crippen molar-refractivity contribution in [2.45, 2.75) is 44.9 Å². The van der Waals surface area contributed by atoms with Gasteiger partial charge in [0.25, 0.3) is 0 Å². The second kappa shape index (κ2) is 6.32. The predicted molar refractivity (Wildman–Crippen MR) is 114 cm³/mol. The van der Waals surface area contributed by atoms with Crippen LogP contribution in [0.2, 0.25) is 0 Å². The molecule has 1 atom stereocenters. The van der Waals surface area contributed by atoms with Gasteiger partial charge in [0.1, 0.15) is 0 Å². The van der Waals surface area contributed by atoms with E-state index in [1.54, 1.807) is 0 Å². The highest BCUT2D eigenvalue weighted by molar-refractivity contribution is 6.17. The molecule has 1 aliphatic heterocycles. The average molecular weight is 375 g/mol. The monoisotopic (exact) mass is 374 g/mol. The van der Waals surface area contributed by atoms with Crippen LogP contribution in [-0.4, -0.2) is 43.4 Å². The van der Waals surface area contributed by atoms with Crippen molar-refractivity contribution in [3.63, 3.8) is 0 Å². The van der Waals surface area contributed by atoms with Gasteiger partial charge in [-0.2, -0.15) is 0 Å². The topological polar surface area (TPSA) is 23.6 Å². The highest BCUT2D eigenvalue weighted by Crippen LogP contribution is 2.59. The third kappa shape index (κ3) is 2.48. The molecular weight excluding hydrogens is 344 g/mol. The van der Waals surface area contributed by atoms with Crippen LogP contribution in [0.25, 0.3) is 10.8 Å². The number of carbonyl (C=O) groups is 1. The lowest BCUT2D eigenvalue weighted by molar-refractivity contribution is -0.0634. The molecule has 2 aromatic rings. The summed E-state index contributed by atoms with van der Waals surface area (Å²) in [5.41, 5.74) is 4.24. The third-order valence-corrected chi connectivity index (χ3v) is 8.37. The van der Waals surface area contributed by atoms with Crippen molar-refractivity contribution in [3.8, 4) is 0 Å². The molecule has 2 aromatic carbocycles. The summed E-state index contributed by atoms with van der Waals surface area (Å²) in [6, 6.07) is 10.7. The minimum Gasteiger partial charge on any atom is -0.370 e. The van der Waals surface area contributed by atoms with E-state index in [4.69, 9.17) is 0 Å². The lowest BCUT2D eigenvalue weighted by Gasteiger charge is -2.57. The van der Waals surface area contributed by atoms with Gasteiger partial charge < -0.3 is 9.80 Å². The Labute approximate surface area is 167 Å². The Bertz CT molecular complexity index is 939. The van der Waals surface area contributed by atoms with Crippen LogP contribution in [0.1, 0.15) is 54.4 Å². The second-order valence-corrected chi connectivity index (χ2v) is 9.66. The molecule has 1 saturated heterocycles. The van der Waals surface area contributed by atoms with Gasteiger partial charge in [-0.25, -0.2) is 0 Å². The summed E-state index contributed by atoms with van der Waals surface area (Å²) in [5, 5.41) is 2.49. The molecular formula is C25H30N2O. The molecule has 28 heavy (non-hydrogen) atoms. The van der Waals surface area contributed by atoms with E-state index in [2.05, 4.69) is 34.1 Å². The van der Waals surface area contributed by atoms with Crippen molar-refractivity contribution in [2.24, 2.45) is 11.3 Å². The van der Waals surface area contributed by atoms with Crippen molar-refractivity contribution in [2.75, 3.05) is 37.6 Å². The van der Waals surface area contributed by atoms with Gasteiger partial charge in [-0.15, -0.1) is 0 Å². The van der Waals surface area contributed by atoms with Gasteiger partial charge in [0.05, 0.1) is 0 Å². The summed E-state index contributed by atoms with van der Waals surface area (Å²) in [5.74, 6) is 1.25. The Hall–Kier alpha value is -1.87. The number of ketones is 1. The summed E-state index contributed by atoms with van der Waals surface area (Å²) < 4.78 is 0. The lowest BCUT2D eigenvalue weighted by atomic mass is 9.50. The molecule has 4 aliphatic rings. The van der Waals surface area contributed by atoms with Gasteiger partial charge in [0.15, 0.2) is 5.78 Å². The van der Waals surface area contributed by atoms with Crippen LogP contribution in [0.4, 0.5) is 5.69 Å². The van der Waals surface area contributed by atoms with Gasteiger partial charge >= 0.3 is 0 Å². The van der Waals surface area contributed by atoms with Crippen molar-refractivity contribution >= 4 is 22.2 Å². The summed E-state index contributed by atoms with van der Waals surface area (Å²) >= 11 is 0. The second-order valence-electron chi connectivity index (χ2n) is 9.66. The van der Waals surface area contributed by atoms with Crippen molar-refractivity contribution in [1.82, 2.24) is 4.90 Å². The van der Waals surface area contributed by atoms with Crippen molar-refractivity contribution in [1.29, 1.82) is 0 Å². The van der Waals surface area contributed by atoms with Crippen LogP contribution < -0.4 is 4.90 Å². The fourth-order valence-electron chi connectivity index (χ4n) is 6.42. The minimum atomic E-state index is 0.283. The van der Waals surface area contributed by atoms with Crippen LogP contribution in [0.3, 0.4) is 0 Å². The number of nitrogens with zero attached hydrogens (tertiary/aromatic N) is 2. The molecule has 3 heteroatoms. The lowest BCUT2D eigenvalue weighted by Crippen LogP contribution is -2.51. The number of carbonyl (C=O) groups excluding carboxylic acids is 1. The molecule has 0 radical (unpaired) electrons. The Morgan fingerprint density at radius 3 is 2.68 bits per heavy atom. The maximum atomic E-state index is 12.3. The van der Waals surface area contributed by atoms with Crippen molar-refractivity contribution < 1.29 is 4.79 Å². The highest BCUT2D eigenvalue weighted by Gasteiger charge is 2.50. The van der Waals surface area contributed by atoms with Crippen LogP contribution in [0, 0.1) is 11.3 Å².